The maximum atomic E-state index is 14.2. The van der Waals surface area contributed by atoms with Crippen molar-refractivity contribution < 1.29 is 275 Å². The molecule has 0 radical (unpaired) electrons. The van der Waals surface area contributed by atoms with Crippen molar-refractivity contribution in [2.75, 3.05) is 72.7 Å². The van der Waals surface area contributed by atoms with Crippen LogP contribution in [0.3, 0.4) is 0 Å². The molecule has 16 unspecified atom stereocenters. The van der Waals surface area contributed by atoms with Gasteiger partial charge in [-0.05, 0) is 110 Å². The number of rotatable bonds is 27. The molecule has 5 saturated heterocycles. The van der Waals surface area contributed by atoms with Gasteiger partial charge in [0.2, 0.25) is 28.8 Å². The summed E-state index contributed by atoms with van der Waals surface area (Å²) in [5.41, 5.74) is -2.95. The maximum absolute atomic E-state index is 14.2. The van der Waals surface area contributed by atoms with E-state index in [9.17, 15) is 176 Å². The first-order valence-corrected chi connectivity index (χ1v) is 43.2. The molecule has 60 heteroatoms. The fraction of sp³-hybridized carbons (Fsp3) is 0.864. The summed E-state index contributed by atoms with van der Waals surface area (Å²) in [5, 5.41) is 0. The maximum Gasteiger partial charge on any atom is 0.490 e. The molecule has 810 valence electrons. The number of alkyl halides is 28. The molecule has 0 N–H and O–H groups in total. The van der Waals surface area contributed by atoms with Crippen LogP contribution in [0.25, 0.3) is 0 Å². The molecule has 141 heavy (non-hydrogen) atoms. The Morgan fingerprint density at radius 2 is 0.681 bits per heavy atom. The highest BCUT2D eigenvalue weighted by atomic mass is 19.4. The zero-order valence-electron chi connectivity index (χ0n) is 75.3. The van der Waals surface area contributed by atoms with Crippen LogP contribution < -0.4 is 0 Å². The summed E-state index contributed by atoms with van der Waals surface area (Å²) in [6.07, 6.45) is -35.5. The number of esters is 11. The van der Waals surface area contributed by atoms with Crippen molar-refractivity contribution in [2.45, 2.75) is 345 Å². The smallest absolute Gasteiger partial charge is 0.463 e. The largest absolute Gasteiger partial charge is 0.490 e. The molecule has 0 aromatic rings. The Labute approximate surface area is 780 Å². The van der Waals surface area contributed by atoms with Gasteiger partial charge in [-0.3, -0.25) is 14.4 Å². The van der Waals surface area contributed by atoms with E-state index in [1.165, 1.54) is 6.92 Å². The Bertz CT molecular complexity index is 4320. The van der Waals surface area contributed by atoms with Gasteiger partial charge >= 0.3 is 132 Å². The molecular weight excluding hydrogens is 2020 g/mol. The first-order chi connectivity index (χ1) is 64.3. The summed E-state index contributed by atoms with van der Waals surface area (Å²) in [5.74, 6) is -51.9. The Hall–Kier alpha value is -8.19. The van der Waals surface area contributed by atoms with E-state index in [0.29, 0.717) is 79.1 Å². The van der Waals surface area contributed by atoms with E-state index in [1.807, 2.05) is 0 Å². The number of ether oxygens (including phenoxy) is 21. The lowest BCUT2D eigenvalue weighted by molar-refractivity contribution is -0.402. The molecule has 8 saturated carbocycles. The summed E-state index contributed by atoms with van der Waals surface area (Å²) in [7, 11) is 0. The Morgan fingerprint density at radius 3 is 1.01 bits per heavy atom. The second kappa shape index (κ2) is 44.6. The average Bonchev–Trinajstić information content (AvgIpc) is 1.11. The third kappa shape index (κ3) is 32.2. The van der Waals surface area contributed by atoms with Crippen molar-refractivity contribution in [3.05, 3.63) is 0 Å². The highest BCUT2D eigenvalue weighted by Crippen LogP contribution is 2.64. The van der Waals surface area contributed by atoms with Crippen LogP contribution in [0.15, 0.2) is 0 Å². The van der Waals surface area contributed by atoms with E-state index in [-0.39, 0.29) is 109 Å². The second-order valence-electron chi connectivity index (χ2n) is 36.0. The van der Waals surface area contributed by atoms with Crippen LogP contribution in [0.2, 0.25) is 0 Å². The van der Waals surface area contributed by atoms with E-state index in [2.05, 4.69) is 23.7 Å². The molecule has 32 nitrogen and oxygen atoms in total. The van der Waals surface area contributed by atoms with Gasteiger partial charge in [0.15, 0.2) is 30.2 Å². The van der Waals surface area contributed by atoms with Crippen molar-refractivity contribution in [1.82, 2.24) is 0 Å². The van der Waals surface area contributed by atoms with Gasteiger partial charge in [0.05, 0.1) is 39.6 Å². The molecule has 13 rings (SSSR count). The predicted octanol–water partition coefficient (Wildman–Crippen LogP) is 13.9. The van der Waals surface area contributed by atoms with Crippen molar-refractivity contribution in [3.8, 4) is 0 Å². The van der Waals surface area contributed by atoms with Gasteiger partial charge < -0.3 is 99.5 Å². The quantitative estimate of drug-likeness (QED) is 0.0419. The van der Waals surface area contributed by atoms with Gasteiger partial charge in [-0.1, -0.05) is 0 Å². The molecule has 8 aliphatic carbocycles. The van der Waals surface area contributed by atoms with Crippen LogP contribution in [-0.4, -0.2) is 300 Å². The summed E-state index contributed by atoms with van der Waals surface area (Å²) in [6, 6.07) is 0. The van der Waals surface area contributed by atoms with Crippen LogP contribution in [0.5, 0.6) is 0 Å². The van der Waals surface area contributed by atoms with E-state index in [4.69, 9.17) is 75.8 Å². The highest BCUT2D eigenvalue weighted by Gasteiger charge is 2.69. The van der Waals surface area contributed by atoms with Gasteiger partial charge in [0.1, 0.15) is 88.4 Å². The lowest BCUT2D eigenvalue weighted by Gasteiger charge is -2.65. The van der Waals surface area contributed by atoms with Gasteiger partial charge in [0, 0.05) is 78.1 Å². The minimum Gasteiger partial charge on any atom is -0.463 e. The monoisotopic (exact) mass is 2110 g/mol. The van der Waals surface area contributed by atoms with Crippen molar-refractivity contribution in [3.63, 3.8) is 0 Å². The summed E-state index contributed by atoms with van der Waals surface area (Å²) >= 11 is 0. The summed E-state index contributed by atoms with van der Waals surface area (Å²) in [6.45, 7) is 0.362. The molecule has 13 aliphatic rings. The van der Waals surface area contributed by atoms with Gasteiger partial charge in [0.25, 0.3) is 0 Å². The number of hydrogen-bond donors (Lipinski definition) is 0. The topological polar surface area (TPSA) is 382 Å². The molecule has 4 bridgehead atoms. The van der Waals surface area contributed by atoms with Crippen LogP contribution in [-0.2, 0) is 152 Å². The number of halogens is 28. The van der Waals surface area contributed by atoms with Crippen molar-refractivity contribution in [1.29, 1.82) is 0 Å². The molecule has 0 amide bonds. The molecular formula is C81H98F28O32. The lowest BCUT2D eigenvalue weighted by atomic mass is 9.51. The minimum atomic E-state index is -5.90. The zero-order valence-corrected chi connectivity index (χ0v) is 75.3. The number of carbonyl (C=O) groups is 11. The molecule has 5 aliphatic heterocycles. The van der Waals surface area contributed by atoms with E-state index in [1.54, 1.807) is 0 Å². The molecule has 0 aromatic carbocycles. The fourth-order valence-corrected chi connectivity index (χ4v) is 17.2. The normalized spacial score (nSPS) is 31.5. The van der Waals surface area contributed by atoms with E-state index in [0.717, 1.165) is 26.7 Å². The van der Waals surface area contributed by atoms with E-state index < -0.39 is 285 Å². The standard InChI is InChI=1S/C23H30F4O8.C16H19F7O6.C15H17F7O6.C14H17F5O6.C13H15F5O6/c1-12(28)31-11-17-14(9-32-19(30)23(25,26)27)10-33-22(34-17)15-4-13-5-16(22)8-21(6-13,7-15)35-18(29)20(2,3)24;1-13(17,18)11(24)28-10-4-2-3-5-15(10)27-7-9(29-15)6-26-12(25)14(19,20)8-16(21,22)23;1-12(16,17)11(24)27-9-3-2-4-13(9)26-7-8(28-13)6-25-10(23)5-14(18,19)15(20,21)22;1-12(15,16)11(21)24-9-3-2-4-13(9)23-7-8(25-13)6-22-10(20)5-14(17,18)19;1-11(14,15)9(19)23-8-3-2-4-12(8)22-6-7(24-12)5-21-10(20)13(16,17)18/h13-17H,4-11H2,1-3H3;9-10H,2-8H2,1H3;8-9H,2-7H2,1H3;8-9H,2-7H2,1H3;7-8H,2-6H2,1H3. The summed E-state index contributed by atoms with van der Waals surface area (Å²) in [4.78, 5) is 125. The predicted molar refractivity (Wildman–Crippen MR) is 396 cm³/mol. The molecule has 16 atom stereocenters. The Kier molecular flexibility index (Phi) is 37.4. The Balaban J connectivity index is 0.000000217. The van der Waals surface area contributed by atoms with Crippen molar-refractivity contribution in [2.24, 2.45) is 23.7 Å². The van der Waals surface area contributed by atoms with Gasteiger partial charge in [-0.15, -0.1) is 0 Å². The average molecular weight is 2120 g/mol. The number of hydrogen-bond acceptors (Lipinski definition) is 32. The van der Waals surface area contributed by atoms with Gasteiger partial charge in [-0.25, -0.2) is 42.7 Å². The van der Waals surface area contributed by atoms with Crippen LogP contribution in [0.1, 0.15) is 183 Å². The third-order valence-electron chi connectivity index (χ3n) is 23.4. The van der Waals surface area contributed by atoms with Crippen molar-refractivity contribution >= 4 is 65.7 Å². The van der Waals surface area contributed by atoms with Crippen LogP contribution in [0, 0.1) is 23.7 Å². The SMILES string of the molecule is CC(=O)OCC1OC2(OCC1COC(=O)C(F)(F)F)C1CC3CC2CC(OC(=O)C(C)(C)F)(C3)C1.CC(F)(F)C(=O)OC1CCCC12OCC(COC(=O)C(F)(F)F)O2.CC(F)(F)C(=O)OC1CCCC12OCC(COC(=O)CC(F)(F)C(F)(F)F)O2.CC(F)(F)C(=O)OC1CCCC12OCC(COC(=O)CC(F)(F)F)O2.CC(F)(F)C(=O)OC1CCCCC12OCC(COC(=O)C(F)(F)CC(F)(F)F)O2. The number of carbonyl (C=O) groups excluding carboxylic acids is 11. The first kappa shape index (κ1) is 118. The van der Waals surface area contributed by atoms with E-state index >= 15 is 0 Å². The second-order valence-corrected chi connectivity index (χ2v) is 36.0. The molecule has 5 heterocycles. The molecule has 0 aromatic heterocycles. The third-order valence-corrected chi connectivity index (χ3v) is 23.4. The lowest BCUT2D eigenvalue weighted by Crippen LogP contribution is -2.69. The molecule has 13 fully saturated rings. The summed E-state index contributed by atoms with van der Waals surface area (Å²) < 4.78 is 460. The first-order valence-electron chi connectivity index (χ1n) is 43.2. The molecule has 5 spiro atoms. The Morgan fingerprint density at radius 1 is 0.340 bits per heavy atom. The van der Waals surface area contributed by atoms with Crippen LogP contribution in [0.4, 0.5) is 123 Å². The fourth-order valence-electron chi connectivity index (χ4n) is 17.2. The van der Waals surface area contributed by atoms with Crippen LogP contribution >= 0.6 is 0 Å². The van der Waals surface area contributed by atoms with Gasteiger partial charge in [-0.2, -0.15) is 119 Å². The highest BCUT2D eigenvalue weighted by molar-refractivity contribution is 5.81. The minimum absolute atomic E-state index is 0.0704. The zero-order chi connectivity index (χ0) is 106.